The second-order valence-electron chi connectivity index (χ2n) is 3.44. The minimum absolute atomic E-state index is 1.14. The van der Waals surface area contributed by atoms with Gasteiger partial charge in [-0.25, -0.2) is 0 Å². The lowest BCUT2D eigenvalue weighted by Gasteiger charge is -2.21. The summed E-state index contributed by atoms with van der Waals surface area (Å²) in [5, 5.41) is 0. The highest BCUT2D eigenvalue weighted by atomic mass is 15.1. The van der Waals surface area contributed by atoms with E-state index in [-0.39, 0.29) is 0 Å². The van der Waals surface area contributed by atoms with Crippen LogP contribution in [0.2, 0.25) is 0 Å². The van der Waals surface area contributed by atoms with Gasteiger partial charge in [-0.2, -0.15) is 0 Å². The van der Waals surface area contributed by atoms with Crippen LogP contribution in [-0.2, 0) is 0 Å². The molecule has 0 aromatic carbocycles. The molecular formula is C11H23N. The van der Waals surface area contributed by atoms with Crippen molar-refractivity contribution in [1.29, 1.82) is 0 Å². The second-order valence-corrected chi connectivity index (χ2v) is 3.44. The van der Waals surface area contributed by atoms with E-state index >= 15 is 0 Å². The Morgan fingerprint density at radius 3 is 2.33 bits per heavy atom. The molecule has 0 bridgehead atoms. The van der Waals surface area contributed by atoms with Gasteiger partial charge in [-0.1, -0.05) is 39.7 Å². The van der Waals surface area contributed by atoms with Crippen molar-refractivity contribution in [3.63, 3.8) is 0 Å². The van der Waals surface area contributed by atoms with E-state index in [1.54, 1.807) is 0 Å². The smallest absolute Gasteiger partial charge is 0.0171 e. The zero-order valence-corrected chi connectivity index (χ0v) is 8.90. The molecule has 0 saturated carbocycles. The number of nitrogens with zero attached hydrogens (tertiary/aromatic N) is 1. The molecule has 0 aromatic heterocycles. The summed E-state index contributed by atoms with van der Waals surface area (Å²) in [6.07, 6.45) is 6.28. The lowest BCUT2D eigenvalue weighted by atomic mass is 10.2. The first-order valence-corrected chi connectivity index (χ1v) is 5.11. The zero-order valence-electron chi connectivity index (χ0n) is 8.90. The molecule has 0 aliphatic carbocycles. The predicted octanol–water partition coefficient (Wildman–Crippen LogP) is 3.42. The first-order valence-electron chi connectivity index (χ1n) is 5.11. The summed E-state index contributed by atoms with van der Waals surface area (Å²) in [6.45, 7) is 9.66. The van der Waals surface area contributed by atoms with Gasteiger partial charge in [0.2, 0.25) is 0 Å². The van der Waals surface area contributed by atoms with Crippen LogP contribution in [0.25, 0.3) is 0 Å². The van der Waals surface area contributed by atoms with Gasteiger partial charge in [0, 0.05) is 19.3 Å². The SMILES string of the molecule is C=C(CCC)N(C)CCCCC. The highest BCUT2D eigenvalue weighted by molar-refractivity contribution is 4.91. The Balaban J connectivity index is 3.42. The molecule has 0 aliphatic rings. The van der Waals surface area contributed by atoms with Crippen molar-refractivity contribution < 1.29 is 0 Å². The summed E-state index contributed by atoms with van der Waals surface area (Å²) in [7, 11) is 2.15. The average molecular weight is 169 g/mol. The van der Waals surface area contributed by atoms with Gasteiger partial charge >= 0.3 is 0 Å². The number of hydrogen-bond donors (Lipinski definition) is 0. The van der Waals surface area contributed by atoms with E-state index in [0.717, 1.165) is 6.42 Å². The van der Waals surface area contributed by atoms with Crippen molar-refractivity contribution in [2.45, 2.75) is 46.0 Å². The van der Waals surface area contributed by atoms with Crippen molar-refractivity contribution in [3.05, 3.63) is 12.3 Å². The minimum Gasteiger partial charge on any atom is -0.378 e. The molecule has 0 atom stereocenters. The van der Waals surface area contributed by atoms with Crippen molar-refractivity contribution in [1.82, 2.24) is 4.90 Å². The van der Waals surface area contributed by atoms with E-state index in [2.05, 4.69) is 32.4 Å². The van der Waals surface area contributed by atoms with E-state index in [9.17, 15) is 0 Å². The normalized spacial score (nSPS) is 9.92. The molecule has 0 rings (SSSR count). The average Bonchev–Trinajstić information content (AvgIpc) is 2.05. The van der Waals surface area contributed by atoms with E-state index in [4.69, 9.17) is 0 Å². The van der Waals surface area contributed by atoms with Gasteiger partial charge in [0.1, 0.15) is 0 Å². The molecule has 0 N–H and O–H groups in total. The van der Waals surface area contributed by atoms with Gasteiger partial charge < -0.3 is 4.90 Å². The number of hydrogen-bond acceptors (Lipinski definition) is 1. The van der Waals surface area contributed by atoms with Gasteiger partial charge in [0.15, 0.2) is 0 Å². The quantitative estimate of drug-likeness (QED) is 0.528. The van der Waals surface area contributed by atoms with E-state index in [1.165, 1.54) is 37.9 Å². The summed E-state index contributed by atoms with van der Waals surface area (Å²) in [4.78, 5) is 2.29. The van der Waals surface area contributed by atoms with Gasteiger partial charge in [0.25, 0.3) is 0 Å². The predicted molar refractivity (Wildman–Crippen MR) is 56.2 cm³/mol. The zero-order chi connectivity index (χ0) is 9.40. The van der Waals surface area contributed by atoms with Crippen molar-refractivity contribution >= 4 is 0 Å². The number of unbranched alkanes of at least 4 members (excludes halogenated alkanes) is 2. The second kappa shape index (κ2) is 7.20. The Bertz CT molecular complexity index is 118. The molecule has 0 fully saturated rings. The Morgan fingerprint density at radius 2 is 1.83 bits per heavy atom. The molecule has 12 heavy (non-hydrogen) atoms. The molecule has 0 aliphatic heterocycles. The molecule has 0 saturated heterocycles. The summed E-state index contributed by atoms with van der Waals surface area (Å²) < 4.78 is 0. The van der Waals surface area contributed by atoms with Gasteiger partial charge in [0.05, 0.1) is 0 Å². The van der Waals surface area contributed by atoms with E-state index in [1.807, 2.05) is 0 Å². The van der Waals surface area contributed by atoms with Crippen LogP contribution >= 0.6 is 0 Å². The maximum atomic E-state index is 4.05. The van der Waals surface area contributed by atoms with Crippen molar-refractivity contribution in [2.24, 2.45) is 0 Å². The maximum Gasteiger partial charge on any atom is 0.0171 e. The Hall–Kier alpha value is -0.460. The first-order chi connectivity index (χ1) is 5.72. The third kappa shape index (κ3) is 5.22. The fraction of sp³-hybridized carbons (Fsp3) is 0.818. The van der Waals surface area contributed by atoms with Crippen molar-refractivity contribution in [3.8, 4) is 0 Å². The topological polar surface area (TPSA) is 3.24 Å². The fourth-order valence-corrected chi connectivity index (χ4v) is 1.24. The third-order valence-corrected chi connectivity index (χ3v) is 2.18. The molecular weight excluding hydrogens is 146 g/mol. The van der Waals surface area contributed by atoms with Gasteiger partial charge in [-0.3, -0.25) is 0 Å². The monoisotopic (exact) mass is 169 g/mol. The van der Waals surface area contributed by atoms with Crippen LogP contribution in [-0.4, -0.2) is 18.5 Å². The molecule has 0 unspecified atom stereocenters. The van der Waals surface area contributed by atoms with Crippen molar-refractivity contribution in [2.75, 3.05) is 13.6 Å². The van der Waals surface area contributed by atoms with Crippen LogP contribution in [0.1, 0.15) is 46.0 Å². The maximum absolute atomic E-state index is 4.05. The Morgan fingerprint density at radius 1 is 1.17 bits per heavy atom. The number of allylic oxidation sites excluding steroid dienone is 1. The van der Waals surface area contributed by atoms with Gasteiger partial charge in [-0.15, -0.1) is 0 Å². The fourth-order valence-electron chi connectivity index (χ4n) is 1.24. The van der Waals surface area contributed by atoms with Crippen LogP contribution in [0.5, 0.6) is 0 Å². The van der Waals surface area contributed by atoms with Crippen LogP contribution in [0.3, 0.4) is 0 Å². The summed E-state index contributed by atoms with van der Waals surface area (Å²) in [6, 6.07) is 0. The largest absolute Gasteiger partial charge is 0.378 e. The van der Waals surface area contributed by atoms with Gasteiger partial charge in [-0.05, 0) is 12.8 Å². The highest BCUT2D eigenvalue weighted by Gasteiger charge is 1.99. The lowest BCUT2D eigenvalue weighted by molar-refractivity contribution is 0.387. The van der Waals surface area contributed by atoms with Crippen LogP contribution in [0, 0.1) is 0 Å². The molecule has 0 heterocycles. The molecule has 0 spiro atoms. The molecule has 0 radical (unpaired) electrons. The minimum atomic E-state index is 1.14. The molecule has 72 valence electrons. The summed E-state index contributed by atoms with van der Waals surface area (Å²) >= 11 is 0. The first kappa shape index (κ1) is 11.5. The molecule has 1 nitrogen and oxygen atoms in total. The van der Waals surface area contributed by atoms with E-state index < -0.39 is 0 Å². The third-order valence-electron chi connectivity index (χ3n) is 2.18. The van der Waals surface area contributed by atoms with Crippen LogP contribution in [0.4, 0.5) is 0 Å². The number of rotatable bonds is 7. The lowest BCUT2D eigenvalue weighted by Crippen LogP contribution is -2.18. The Labute approximate surface area is 77.5 Å². The standard InChI is InChI=1S/C11H23N/c1-5-7-8-10-12(4)11(3)9-6-2/h3,5-10H2,1-2,4H3. The van der Waals surface area contributed by atoms with E-state index in [0.29, 0.717) is 0 Å². The van der Waals surface area contributed by atoms with Crippen LogP contribution < -0.4 is 0 Å². The van der Waals surface area contributed by atoms with Crippen LogP contribution in [0.15, 0.2) is 12.3 Å². The molecule has 0 amide bonds. The summed E-state index contributed by atoms with van der Waals surface area (Å²) in [5.41, 5.74) is 1.29. The highest BCUT2D eigenvalue weighted by Crippen LogP contribution is 2.07. The Kier molecular flexibility index (Phi) is 6.93. The summed E-state index contributed by atoms with van der Waals surface area (Å²) in [5.74, 6) is 0. The molecule has 0 aromatic rings. The molecule has 1 heteroatoms.